The van der Waals surface area contributed by atoms with Crippen LogP contribution in [0.25, 0.3) is 11.0 Å². The van der Waals surface area contributed by atoms with E-state index in [0.29, 0.717) is 6.54 Å². The third kappa shape index (κ3) is 1.68. The summed E-state index contributed by atoms with van der Waals surface area (Å²) < 4.78 is 0. The van der Waals surface area contributed by atoms with Crippen molar-refractivity contribution >= 4 is 11.0 Å². The SMILES string of the molecule is OCNCc1ccc2nc[nH]c2c1. The molecule has 0 unspecified atom stereocenters. The smallest absolute Gasteiger partial charge is 0.0934 e. The number of rotatable bonds is 3. The number of imidazole rings is 1. The van der Waals surface area contributed by atoms with Gasteiger partial charge in [0.2, 0.25) is 0 Å². The van der Waals surface area contributed by atoms with Gasteiger partial charge in [-0.25, -0.2) is 4.98 Å². The second-order valence-corrected chi connectivity index (χ2v) is 2.84. The number of aromatic nitrogens is 2. The summed E-state index contributed by atoms with van der Waals surface area (Å²) >= 11 is 0. The highest BCUT2D eigenvalue weighted by molar-refractivity contribution is 5.74. The number of H-pyrrole nitrogens is 1. The summed E-state index contributed by atoms with van der Waals surface area (Å²) in [6.07, 6.45) is 1.67. The highest BCUT2D eigenvalue weighted by atomic mass is 16.3. The fraction of sp³-hybridized carbons (Fsp3) is 0.222. The van der Waals surface area contributed by atoms with Crippen molar-refractivity contribution in [1.29, 1.82) is 0 Å². The Morgan fingerprint density at radius 3 is 3.23 bits per heavy atom. The standard InChI is InChI=1S/C9H11N3O/c13-6-10-4-7-1-2-8-9(3-7)12-5-11-8/h1-3,5,10,13H,4,6H2,(H,11,12). The van der Waals surface area contributed by atoms with Gasteiger partial charge in [0.15, 0.2) is 0 Å². The zero-order valence-corrected chi connectivity index (χ0v) is 7.12. The van der Waals surface area contributed by atoms with Crippen LogP contribution >= 0.6 is 0 Å². The Kier molecular flexibility index (Phi) is 2.25. The Bertz CT molecular complexity index is 396. The molecular weight excluding hydrogens is 166 g/mol. The molecule has 13 heavy (non-hydrogen) atoms. The van der Waals surface area contributed by atoms with Gasteiger partial charge in [-0.3, -0.25) is 5.32 Å². The van der Waals surface area contributed by atoms with Gasteiger partial charge in [-0.1, -0.05) is 6.07 Å². The molecule has 1 aromatic heterocycles. The molecule has 0 spiro atoms. The molecule has 0 aliphatic carbocycles. The number of aromatic amines is 1. The summed E-state index contributed by atoms with van der Waals surface area (Å²) in [4.78, 5) is 7.15. The van der Waals surface area contributed by atoms with Crippen LogP contribution in [0.4, 0.5) is 0 Å². The average Bonchev–Trinajstić information content (AvgIpc) is 2.61. The molecule has 4 nitrogen and oxygen atoms in total. The van der Waals surface area contributed by atoms with Crippen LogP contribution in [-0.4, -0.2) is 21.8 Å². The van der Waals surface area contributed by atoms with Crippen LogP contribution in [-0.2, 0) is 6.54 Å². The van der Waals surface area contributed by atoms with Gasteiger partial charge in [-0.05, 0) is 17.7 Å². The van der Waals surface area contributed by atoms with Gasteiger partial charge in [0.25, 0.3) is 0 Å². The van der Waals surface area contributed by atoms with Crippen LogP contribution in [0.5, 0.6) is 0 Å². The van der Waals surface area contributed by atoms with Gasteiger partial charge in [0, 0.05) is 6.54 Å². The molecule has 0 aliphatic heterocycles. The Hall–Kier alpha value is -1.39. The number of hydrogen-bond donors (Lipinski definition) is 3. The lowest BCUT2D eigenvalue weighted by molar-refractivity contribution is 0.259. The second-order valence-electron chi connectivity index (χ2n) is 2.84. The van der Waals surface area contributed by atoms with Crippen LogP contribution in [0, 0.1) is 0 Å². The zero-order valence-electron chi connectivity index (χ0n) is 7.12. The van der Waals surface area contributed by atoms with Crippen molar-refractivity contribution in [3.8, 4) is 0 Å². The molecule has 0 saturated carbocycles. The molecule has 0 fully saturated rings. The highest BCUT2D eigenvalue weighted by Crippen LogP contribution is 2.10. The normalized spacial score (nSPS) is 10.8. The first-order chi connectivity index (χ1) is 6.40. The number of fused-ring (bicyclic) bond motifs is 1. The lowest BCUT2D eigenvalue weighted by atomic mass is 10.2. The maximum atomic E-state index is 8.57. The maximum Gasteiger partial charge on any atom is 0.0934 e. The third-order valence-corrected chi connectivity index (χ3v) is 1.93. The average molecular weight is 177 g/mol. The summed E-state index contributed by atoms with van der Waals surface area (Å²) in [7, 11) is 0. The molecule has 4 heteroatoms. The third-order valence-electron chi connectivity index (χ3n) is 1.93. The minimum atomic E-state index is 0.00101. The van der Waals surface area contributed by atoms with E-state index < -0.39 is 0 Å². The summed E-state index contributed by atoms with van der Waals surface area (Å²) in [5.74, 6) is 0. The molecule has 0 amide bonds. The van der Waals surface area contributed by atoms with Gasteiger partial charge in [0.1, 0.15) is 0 Å². The number of aliphatic hydroxyl groups excluding tert-OH is 1. The Morgan fingerprint density at radius 1 is 1.46 bits per heavy atom. The molecule has 3 N–H and O–H groups in total. The van der Waals surface area contributed by atoms with Gasteiger partial charge in [-0.2, -0.15) is 0 Å². The van der Waals surface area contributed by atoms with Crippen molar-refractivity contribution in [3.63, 3.8) is 0 Å². The van der Waals surface area contributed by atoms with Crippen molar-refractivity contribution in [3.05, 3.63) is 30.1 Å². The molecule has 1 heterocycles. The van der Waals surface area contributed by atoms with Crippen LogP contribution in [0.15, 0.2) is 24.5 Å². The van der Waals surface area contributed by atoms with Gasteiger partial charge in [-0.15, -0.1) is 0 Å². The van der Waals surface area contributed by atoms with Crippen LogP contribution < -0.4 is 5.32 Å². The Labute approximate surface area is 75.6 Å². The Balaban J connectivity index is 2.26. The molecule has 1 aromatic carbocycles. The quantitative estimate of drug-likeness (QED) is 0.602. The molecule has 0 aliphatic rings. The molecular formula is C9H11N3O. The second kappa shape index (κ2) is 3.55. The molecule has 0 atom stereocenters. The molecule has 0 bridgehead atoms. The van der Waals surface area contributed by atoms with E-state index in [1.165, 1.54) is 0 Å². The minimum absolute atomic E-state index is 0.00101. The van der Waals surface area contributed by atoms with Gasteiger partial charge >= 0.3 is 0 Å². The van der Waals surface area contributed by atoms with Crippen LogP contribution in [0.1, 0.15) is 5.56 Å². The van der Waals surface area contributed by atoms with E-state index in [0.717, 1.165) is 16.6 Å². The monoisotopic (exact) mass is 177 g/mol. The zero-order chi connectivity index (χ0) is 9.10. The van der Waals surface area contributed by atoms with Crippen molar-refractivity contribution in [1.82, 2.24) is 15.3 Å². The number of nitrogens with one attached hydrogen (secondary N) is 2. The van der Waals surface area contributed by atoms with E-state index in [4.69, 9.17) is 5.11 Å². The molecule has 0 radical (unpaired) electrons. The Morgan fingerprint density at radius 2 is 2.38 bits per heavy atom. The fourth-order valence-corrected chi connectivity index (χ4v) is 1.29. The van der Waals surface area contributed by atoms with Gasteiger partial charge < -0.3 is 10.1 Å². The molecule has 0 saturated heterocycles. The maximum absolute atomic E-state index is 8.57. The van der Waals surface area contributed by atoms with E-state index in [-0.39, 0.29) is 6.73 Å². The van der Waals surface area contributed by atoms with Crippen molar-refractivity contribution < 1.29 is 5.11 Å². The number of benzene rings is 1. The van der Waals surface area contributed by atoms with E-state index >= 15 is 0 Å². The summed E-state index contributed by atoms with van der Waals surface area (Å²) in [5, 5.41) is 11.4. The van der Waals surface area contributed by atoms with Gasteiger partial charge in [0.05, 0.1) is 24.1 Å². The lowest BCUT2D eigenvalue weighted by Crippen LogP contribution is -2.13. The number of aliphatic hydroxyl groups is 1. The summed E-state index contributed by atoms with van der Waals surface area (Å²) in [6.45, 7) is 0.673. The first-order valence-corrected chi connectivity index (χ1v) is 4.14. The largest absolute Gasteiger partial charge is 0.381 e. The summed E-state index contributed by atoms with van der Waals surface area (Å²) in [6, 6.07) is 5.97. The van der Waals surface area contributed by atoms with E-state index in [1.54, 1.807) is 6.33 Å². The molecule has 68 valence electrons. The number of nitrogens with zero attached hydrogens (tertiary/aromatic N) is 1. The first-order valence-electron chi connectivity index (χ1n) is 4.14. The van der Waals surface area contributed by atoms with Crippen LogP contribution in [0.2, 0.25) is 0 Å². The molecule has 2 aromatic rings. The topological polar surface area (TPSA) is 60.9 Å². The van der Waals surface area contributed by atoms with E-state index in [1.807, 2.05) is 18.2 Å². The van der Waals surface area contributed by atoms with Crippen LogP contribution in [0.3, 0.4) is 0 Å². The van der Waals surface area contributed by atoms with Crippen molar-refractivity contribution in [2.45, 2.75) is 6.54 Å². The van der Waals surface area contributed by atoms with Crippen molar-refractivity contribution in [2.24, 2.45) is 0 Å². The van der Waals surface area contributed by atoms with E-state index in [2.05, 4.69) is 15.3 Å². The summed E-state index contributed by atoms with van der Waals surface area (Å²) in [5.41, 5.74) is 3.12. The van der Waals surface area contributed by atoms with E-state index in [9.17, 15) is 0 Å². The first kappa shape index (κ1) is 8.22. The predicted octanol–water partition coefficient (Wildman–Crippen LogP) is 0.602. The molecule has 2 rings (SSSR count). The lowest BCUT2D eigenvalue weighted by Gasteiger charge is -2.00. The number of hydrogen-bond acceptors (Lipinski definition) is 3. The van der Waals surface area contributed by atoms with Crippen molar-refractivity contribution in [2.75, 3.05) is 6.73 Å². The fourth-order valence-electron chi connectivity index (χ4n) is 1.29. The predicted molar refractivity (Wildman–Crippen MR) is 50.0 cm³/mol. The highest BCUT2D eigenvalue weighted by Gasteiger charge is 1.96. The minimum Gasteiger partial charge on any atom is -0.381 e.